The summed E-state index contributed by atoms with van der Waals surface area (Å²) in [6.45, 7) is 6.06. The van der Waals surface area contributed by atoms with Crippen LogP contribution in [0.3, 0.4) is 0 Å². The topological polar surface area (TPSA) is 106 Å². The van der Waals surface area contributed by atoms with Gasteiger partial charge in [0.05, 0.1) is 17.6 Å². The summed E-state index contributed by atoms with van der Waals surface area (Å²) in [5.41, 5.74) is 3.71. The van der Waals surface area contributed by atoms with Gasteiger partial charge in [-0.25, -0.2) is 23.7 Å². The molecule has 35 heavy (non-hydrogen) atoms. The Morgan fingerprint density at radius 3 is 2.51 bits per heavy atom. The third kappa shape index (κ3) is 5.52. The molecule has 1 unspecified atom stereocenters. The highest BCUT2D eigenvalue weighted by molar-refractivity contribution is 7.78. The number of aromatic nitrogens is 5. The smallest absolute Gasteiger partial charge is 0.294 e. The van der Waals surface area contributed by atoms with Crippen LogP contribution in [0.1, 0.15) is 37.8 Å². The molecule has 3 aromatic heterocycles. The lowest BCUT2D eigenvalue weighted by Crippen LogP contribution is -2.39. The van der Waals surface area contributed by atoms with Crippen LogP contribution in [-0.2, 0) is 23.3 Å². The Labute approximate surface area is 210 Å². The maximum absolute atomic E-state index is 11.0. The van der Waals surface area contributed by atoms with E-state index in [1.54, 1.807) is 4.52 Å². The maximum Gasteiger partial charge on any atom is 0.294 e. The summed E-state index contributed by atoms with van der Waals surface area (Å²) < 4.78 is 28.0. The summed E-state index contributed by atoms with van der Waals surface area (Å²) in [7, 11) is 0. The van der Waals surface area contributed by atoms with E-state index in [4.69, 9.17) is 9.29 Å². The van der Waals surface area contributed by atoms with Gasteiger partial charge in [0.2, 0.25) is 10.9 Å². The van der Waals surface area contributed by atoms with Crippen LogP contribution in [0, 0.1) is 5.92 Å². The van der Waals surface area contributed by atoms with Crippen LogP contribution in [0.25, 0.3) is 16.2 Å². The number of ether oxygens (including phenoxy) is 1. The Hall–Kier alpha value is -2.89. The number of fused-ring (bicyclic) bond motifs is 1. The first-order valence-corrected chi connectivity index (χ1v) is 13.8. The first-order valence-electron chi connectivity index (χ1n) is 11.7. The lowest BCUT2D eigenvalue weighted by atomic mass is 9.92. The van der Waals surface area contributed by atoms with Gasteiger partial charge in [-0.1, -0.05) is 31.2 Å². The van der Waals surface area contributed by atoms with Gasteiger partial charge in [-0.05, 0) is 54.6 Å². The summed E-state index contributed by atoms with van der Waals surface area (Å²) in [6, 6.07) is 7.50. The summed E-state index contributed by atoms with van der Waals surface area (Å²) in [6.07, 6.45) is 8.76. The number of piperidine rings is 1. The quantitative estimate of drug-likeness (QED) is 0.350. The van der Waals surface area contributed by atoms with Crippen LogP contribution < -0.4 is 9.64 Å². The van der Waals surface area contributed by atoms with Gasteiger partial charge < -0.3 is 14.2 Å². The molecular weight excluding hydrogens is 484 g/mol. The minimum Gasteiger partial charge on any atom is -0.466 e. The number of rotatable bonds is 8. The zero-order valence-corrected chi connectivity index (χ0v) is 21.3. The van der Waals surface area contributed by atoms with Crippen LogP contribution in [0.5, 0.6) is 5.19 Å². The molecule has 2 atom stereocenters. The summed E-state index contributed by atoms with van der Waals surface area (Å²) >= 11 is -0.413. The fraction of sp³-hybridized carbons (Fsp3) is 0.417. The van der Waals surface area contributed by atoms with Crippen molar-refractivity contribution in [3.8, 4) is 16.5 Å². The van der Waals surface area contributed by atoms with Crippen molar-refractivity contribution in [3.63, 3.8) is 0 Å². The van der Waals surface area contributed by atoms with Crippen molar-refractivity contribution >= 4 is 33.3 Å². The molecule has 0 saturated carbocycles. The molecule has 4 aromatic rings. The summed E-state index contributed by atoms with van der Waals surface area (Å²) in [4.78, 5) is 16.7. The lowest BCUT2D eigenvalue weighted by Gasteiger charge is -2.34. The standard InChI is InChI=1S/C24H28N6O3S2/c1-3-17-12-25-22(26-13-17)29-10-8-19(9-11-29)16(2)33-24-28-30-14-21(27-23(30)34-24)20-6-4-18(5-7-20)15-35(31)32/h4-7,12-14,16,19H,3,8-11,15H2,1-2H3,(H,31,32)/t16-/m0/s1. The normalized spacial score (nSPS) is 16.5. The molecule has 5 rings (SSSR count). The number of hydrogen-bond donors (Lipinski definition) is 1. The second kappa shape index (κ2) is 10.4. The second-order valence-electron chi connectivity index (χ2n) is 8.78. The largest absolute Gasteiger partial charge is 0.466 e. The number of nitrogens with zero attached hydrogens (tertiary/aromatic N) is 6. The van der Waals surface area contributed by atoms with E-state index < -0.39 is 11.1 Å². The third-order valence-electron chi connectivity index (χ3n) is 6.44. The van der Waals surface area contributed by atoms with Crippen molar-refractivity contribution in [2.24, 2.45) is 5.92 Å². The Kier molecular flexibility index (Phi) is 7.07. The molecule has 0 radical (unpaired) electrons. The molecule has 0 spiro atoms. The van der Waals surface area contributed by atoms with Gasteiger partial charge in [0.15, 0.2) is 11.1 Å². The minimum atomic E-state index is -1.85. The van der Waals surface area contributed by atoms with Gasteiger partial charge in [0.25, 0.3) is 5.19 Å². The first-order chi connectivity index (χ1) is 17.0. The number of benzene rings is 1. The maximum atomic E-state index is 11.0. The van der Waals surface area contributed by atoms with E-state index in [-0.39, 0.29) is 11.9 Å². The van der Waals surface area contributed by atoms with Crippen molar-refractivity contribution in [2.75, 3.05) is 18.0 Å². The summed E-state index contributed by atoms with van der Waals surface area (Å²) in [5.74, 6) is 1.38. The Balaban J connectivity index is 1.17. The van der Waals surface area contributed by atoms with Gasteiger partial charge in [-0.15, -0.1) is 5.10 Å². The lowest BCUT2D eigenvalue weighted by molar-refractivity contribution is 0.131. The van der Waals surface area contributed by atoms with Crippen LogP contribution in [0.4, 0.5) is 5.95 Å². The zero-order chi connectivity index (χ0) is 24.4. The third-order valence-corrected chi connectivity index (χ3v) is 7.83. The molecule has 0 amide bonds. The molecule has 184 valence electrons. The molecule has 9 nitrogen and oxygen atoms in total. The van der Waals surface area contributed by atoms with Gasteiger partial charge in [-0.3, -0.25) is 0 Å². The Bertz CT molecular complexity index is 1270. The van der Waals surface area contributed by atoms with E-state index in [2.05, 4.69) is 38.8 Å². The minimum absolute atomic E-state index is 0.0560. The Morgan fingerprint density at radius 2 is 1.89 bits per heavy atom. The van der Waals surface area contributed by atoms with E-state index in [9.17, 15) is 4.21 Å². The SMILES string of the molecule is CCc1cnc(N2CCC([C@H](C)Oc3nn4cc(-c5ccc(CS(=O)O)cc5)nc4s3)CC2)nc1. The molecule has 1 aliphatic heterocycles. The van der Waals surface area contributed by atoms with E-state index in [0.717, 1.165) is 65.6 Å². The Morgan fingerprint density at radius 1 is 1.17 bits per heavy atom. The predicted octanol–water partition coefficient (Wildman–Crippen LogP) is 4.22. The van der Waals surface area contributed by atoms with Crippen molar-refractivity contribution in [2.45, 2.75) is 45.0 Å². The van der Waals surface area contributed by atoms with Gasteiger partial charge >= 0.3 is 0 Å². The number of aryl methyl sites for hydroxylation is 1. The predicted molar refractivity (Wildman–Crippen MR) is 137 cm³/mol. The average Bonchev–Trinajstić information content (AvgIpc) is 3.43. The van der Waals surface area contributed by atoms with Crippen molar-refractivity contribution < 1.29 is 13.5 Å². The van der Waals surface area contributed by atoms with Crippen molar-refractivity contribution in [3.05, 3.63) is 54.0 Å². The molecule has 0 aliphatic carbocycles. The highest BCUT2D eigenvalue weighted by atomic mass is 32.2. The van der Waals surface area contributed by atoms with E-state index in [1.807, 2.05) is 42.9 Å². The van der Waals surface area contributed by atoms with E-state index in [1.165, 1.54) is 11.3 Å². The molecule has 1 aromatic carbocycles. The highest BCUT2D eigenvalue weighted by Crippen LogP contribution is 2.30. The molecular formula is C24H28N6O3S2. The molecule has 1 N–H and O–H groups in total. The van der Waals surface area contributed by atoms with Crippen LogP contribution >= 0.6 is 11.3 Å². The molecule has 11 heteroatoms. The van der Waals surface area contributed by atoms with Crippen LogP contribution in [0.15, 0.2) is 42.9 Å². The fourth-order valence-corrected chi connectivity index (χ4v) is 5.59. The van der Waals surface area contributed by atoms with E-state index in [0.29, 0.717) is 11.1 Å². The zero-order valence-electron chi connectivity index (χ0n) is 19.7. The number of imidazole rings is 1. The first kappa shape index (κ1) is 23.8. The fourth-order valence-electron chi connectivity index (χ4n) is 4.30. The molecule has 1 fully saturated rings. The molecule has 4 heterocycles. The van der Waals surface area contributed by atoms with Crippen molar-refractivity contribution in [1.82, 2.24) is 24.6 Å². The highest BCUT2D eigenvalue weighted by Gasteiger charge is 2.27. The van der Waals surface area contributed by atoms with Crippen molar-refractivity contribution in [1.29, 1.82) is 0 Å². The second-order valence-corrected chi connectivity index (χ2v) is 10.6. The van der Waals surface area contributed by atoms with E-state index >= 15 is 0 Å². The monoisotopic (exact) mass is 512 g/mol. The average molecular weight is 513 g/mol. The van der Waals surface area contributed by atoms with Crippen LogP contribution in [0.2, 0.25) is 0 Å². The number of hydrogen-bond acceptors (Lipinski definition) is 8. The molecule has 0 bridgehead atoms. The summed E-state index contributed by atoms with van der Waals surface area (Å²) in [5, 5.41) is 5.19. The molecule has 1 saturated heterocycles. The van der Waals surface area contributed by atoms with Gasteiger partial charge in [0.1, 0.15) is 6.10 Å². The van der Waals surface area contributed by atoms with Crippen LogP contribution in [-0.4, -0.2) is 52.5 Å². The molecule has 1 aliphatic rings. The number of anilines is 1. The van der Waals surface area contributed by atoms with Gasteiger partial charge in [0, 0.05) is 31.0 Å². The van der Waals surface area contributed by atoms with Gasteiger partial charge in [-0.2, -0.15) is 0 Å².